The Morgan fingerprint density at radius 3 is 2.77 bits per heavy atom. The van der Waals surface area contributed by atoms with E-state index in [1.807, 2.05) is 12.3 Å². The normalized spacial score (nSPS) is 13.8. The second-order valence-corrected chi connectivity index (χ2v) is 7.95. The fraction of sp³-hybridized carbons (Fsp3) is 0.381. The first-order valence-electron chi connectivity index (χ1n) is 9.15. The van der Waals surface area contributed by atoms with E-state index in [0.29, 0.717) is 24.2 Å². The summed E-state index contributed by atoms with van der Waals surface area (Å²) in [5.41, 5.74) is 4.87. The first-order chi connectivity index (χ1) is 12.5. The van der Waals surface area contributed by atoms with E-state index >= 15 is 0 Å². The van der Waals surface area contributed by atoms with Crippen molar-refractivity contribution >= 4 is 27.3 Å². The van der Waals surface area contributed by atoms with Gasteiger partial charge in [-0.2, -0.15) is 0 Å². The van der Waals surface area contributed by atoms with Crippen molar-refractivity contribution in [1.82, 2.24) is 9.55 Å². The molecule has 2 aromatic heterocycles. The first-order valence-corrected chi connectivity index (χ1v) is 10.0. The van der Waals surface area contributed by atoms with Gasteiger partial charge in [-0.25, -0.2) is 4.98 Å². The molecule has 1 aliphatic carbocycles. The molecular formula is C21H22N2O2S. The van der Waals surface area contributed by atoms with Gasteiger partial charge in [-0.3, -0.25) is 14.2 Å². The number of carbonyl (C=O) groups is 1. The summed E-state index contributed by atoms with van der Waals surface area (Å²) in [6.07, 6.45) is 5.12. The van der Waals surface area contributed by atoms with Gasteiger partial charge in [-0.1, -0.05) is 18.2 Å². The molecule has 0 unspecified atom stereocenters. The van der Waals surface area contributed by atoms with Gasteiger partial charge >= 0.3 is 0 Å². The fourth-order valence-corrected chi connectivity index (χ4v) is 4.76. The van der Waals surface area contributed by atoms with E-state index in [-0.39, 0.29) is 11.3 Å². The van der Waals surface area contributed by atoms with Gasteiger partial charge in [0.05, 0.1) is 5.39 Å². The SMILES string of the molecule is CC(=O)CCn1c(C)nc2scc(-c3ccc4c(c3)CCCC4)c2c1=O. The second kappa shape index (κ2) is 6.80. The van der Waals surface area contributed by atoms with Crippen LogP contribution < -0.4 is 5.56 Å². The number of thiophene rings is 1. The number of fused-ring (bicyclic) bond motifs is 2. The molecular weight excluding hydrogens is 344 g/mol. The molecule has 0 saturated carbocycles. The molecule has 0 amide bonds. The minimum atomic E-state index is -0.0391. The highest BCUT2D eigenvalue weighted by Crippen LogP contribution is 2.33. The molecule has 0 atom stereocenters. The third-order valence-electron chi connectivity index (χ3n) is 5.23. The Hall–Kier alpha value is -2.27. The number of aromatic nitrogens is 2. The number of aryl methyl sites for hydroxylation is 3. The number of Topliss-reactive ketones (excluding diaryl/α,β-unsaturated/α-hetero) is 1. The summed E-state index contributed by atoms with van der Waals surface area (Å²) < 4.78 is 1.64. The lowest BCUT2D eigenvalue weighted by atomic mass is 9.89. The third kappa shape index (κ3) is 3.01. The molecule has 134 valence electrons. The van der Waals surface area contributed by atoms with E-state index in [0.717, 1.165) is 28.8 Å². The van der Waals surface area contributed by atoms with Gasteiger partial charge in [0.1, 0.15) is 16.4 Å². The Morgan fingerprint density at radius 1 is 1.23 bits per heavy atom. The molecule has 0 N–H and O–H groups in total. The van der Waals surface area contributed by atoms with Crippen molar-refractivity contribution in [2.45, 2.75) is 52.5 Å². The zero-order valence-corrected chi connectivity index (χ0v) is 16.0. The van der Waals surface area contributed by atoms with Crippen LogP contribution in [0.5, 0.6) is 0 Å². The highest BCUT2D eigenvalue weighted by molar-refractivity contribution is 7.17. The zero-order valence-electron chi connectivity index (χ0n) is 15.2. The van der Waals surface area contributed by atoms with Gasteiger partial charge in [-0.05, 0) is 56.2 Å². The van der Waals surface area contributed by atoms with Gasteiger partial charge in [0.2, 0.25) is 0 Å². The molecule has 26 heavy (non-hydrogen) atoms. The van der Waals surface area contributed by atoms with E-state index in [4.69, 9.17) is 0 Å². The summed E-state index contributed by atoms with van der Waals surface area (Å²) in [6.45, 7) is 3.77. The van der Waals surface area contributed by atoms with Crippen molar-refractivity contribution in [2.24, 2.45) is 0 Å². The lowest BCUT2D eigenvalue weighted by molar-refractivity contribution is -0.117. The third-order valence-corrected chi connectivity index (χ3v) is 6.10. The smallest absolute Gasteiger partial charge is 0.262 e. The maximum absolute atomic E-state index is 13.1. The van der Waals surface area contributed by atoms with Gasteiger partial charge in [-0.15, -0.1) is 11.3 Å². The Kier molecular flexibility index (Phi) is 4.49. The molecule has 3 aromatic rings. The molecule has 1 aliphatic rings. The molecule has 2 heterocycles. The van der Waals surface area contributed by atoms with E-state index in [9.17, 15) is 9.59 Å². The van der Waals surface area contributed by atoms with E-state index < -0.39 is 0 Å². The molecule has 0 saturated heterocycles. The van der Waals surface area contributed by atoms with E-state index in [1.165, 1.54) is 35.3 Å². The highest BCUT2D eigenvalue weighted by Gasteiger charge is 2.17. The molecule has 0 fully saturated rings. The molecule has 0 aliphatic heterocycles. The molecule has 4 nitrogen and oxygen atoms in total. The summed E-state index contributed by atoms with van der Waals surface area (Å²) in [4.78, 5) is 29.9. The van der Waals surface area contributed by atoms with Gasteiger partial charge < -0.3 is 0 Å². The van der Waals surface area contributed by atoms with Crippen LogP contribution in [0.3, 0.4) is 0 Å². The van der Waals surface area contributed by atoms with Gasteiger partial charge in [0, 0.05) is 23.9 Å². The van der Waals surface area contributed by atoms with Crippen molar-refractivity contribution in [3.63, 3.8) is 0 Å². The van der Waals surface area contributed by atoms with Gasteiger partial charge in [0.25, 0.3) is 5.56 Å². The van der Waals surface area contributed by atoms with E-state index in [1.54, 1.807) is 11.5 Å². The number of carbonyl (C=O) groups excluding carboxylic acids is 1. The minimum absolute atomic E-state index is 0.0391. The van der Waals surface area contributed by atoms with Crippen molar-refractivity contribution in [3.05, 3.63) is 50.9 Å². The maximum Gasteiger partial charge on any atom is 0.262 e. The Balaban J connectivity index is 1.85. The second-order valence-electron chi connectivity index (χ2n) is 7.09. The highest BCUT2D eigenvalue weighted by atomic mass is 32.1. The quantitative estimate of drug-likeness (QED) is 0.692. The number of hydrogen-bond donors (Lipinski definition) is 0. The Labute approximate surface area is 156 Å². The summed E-state index contributed by atoms with van der Waals surface area (Å²) in [7, 11) is 0. The lowest BCUT2D eigenvalue weighted by Crippen LogP contribution is -2.24. The molecule has 0 radical (unpaired) electrons. The van der Waals surface area contributed by atoms with Crippen LogP contribution in [0.2, 0.25) is 0 Å². The minimum Gasteiger partial charge on any atom is -0.300 e. The van der Waals surface area contributed by atoms with Crippen molar-refractivity contribution in [2.75, 3.05) is 0 Å². The van der Waals surface area contributed by atoms with Crippen molar-refractivity contribution < 1.29 is 4.79 Å². The zero-order chi connectivity index (χ0) is 18.3. The molecule has 0 spiro atoms. The number of ketones is 1. The Morgan fingerprint density at radius 2 is 2.00 bits per heavy atom. The molecule has 1 aromatic carbocycles. The van der Waals surface area contributed by atoms with E-state index in [2.05, 4.69) is 23.2 Å². The Bertz CT molecular complexity index is 1060. The average Bonchev–Trinajstić information content (AvgIpc) is 3.04. The fourth-order valence-electron chi connectivity index (χ4n) is 3.77. The van der Waals surface area contributed by atoms with Crippen LogP contribution >= 0.6 is 11.3 Å². The number of hydrogen-bond acceptors (Lipinski definition) is 4. The summed E-state index contributed by atoms with van der Waals surface area (Å²) in [5.74, 6) is 0.749. The first kappa shape index (κ1) is 17.2. The number of nitrogens with zero attached hydrogens (tertiary/aromatic N) is 2. The predicted octanol–water partition coefficient (Wildman–Crippen LogP) is 4.29. The monoisotopic (exact) mass is 366 g/mol. The van der Waals surface area contributed by atoms with Crippen molar-refractivity contribution in [1.29, 1.82) is 0 Å². The molecule has 0 bridgehead atoms. The maximum atomic E-state index is 13.1. The van der Waals surface area contributed by atoms with Crippen molar-refractivity contribution in [3.8, 4) is 11.1 Å². The topological polar surface area (TPSA) is 52.0 Å². The van der Waals surface area contributed by atoms with Crippen LogP contribution in [0.15, 0.2) is 28.4 Å². The predicted molar refractivity (Wildman–Crippen MR) is 106 cm³/mol. The van der Waals surface area contributed by atoms with Crippen LogP contribution in [0.4, 0.5) is 0 Å². The van der Waals surface area contributed by atoms with Crippen LogP contribution in [0.25, 0.3) is 21.3 Å². The van der Waals surface area contributed by atoms with Crippen LogP contribution in [0.1, 0.15) is 43.1 Å². The van der Waals surface area contributed by atoms with Crippen LogP contribution in [-0.4, -0.2) is 15.3 Å². The number of benzene rings is 1. The van der Waals surface area contributed by atoms with Crippen LogP contribution in [0, 0.1) is 6.92 Å². The standard InChI is InChI=1S/C21H22N2O2S/c1-13(24)9-10-23-14(2)22-20-19(21(23)25)18(12-26-20)17-8-7-15-5-3-4-6-16(15)11-17/h7-8,11-12H,3-6,9-10H2,1-2H3. The average molecular weight is 366 g/mol. The van der Waals surface area contributed by atoms with Crippen LogP contribution in [-0.2, 0) is 24.2 Å². The lowest BCUT2D eigenvalue weighted by Gasteiger charge is -2.16. The van der Waals surface area contributed by atoms with Gasteiger partial charge in [0.15, 0.2) is 0 Å². The summed E-state index contributed by atoms with van der Waals surface area (Å²) in [6, 6.07) is 6.59. The molecule has 5 heteroatoms. The largest absolute Gasteiger partial charge is 0.300 e. The summed E-state index contributed by atoms with van der Waals surface area (Å²) in [5, 5.41) is 2.72. The number of rotatable bonds is 4. The summed E-state index contributed by atoms with van der Waals surface area (Å²) >= 11 is 1.52. The molecule has 4 rings (SSSR count).